The maximum absolute atomic E-state index is 12.4. The molecule has 0 aliphatic heterocycles. The van der Waals surface area contributed by atoms with Crippen LogP contribution in [0.25, 0.3) is 0 Å². The van der Waals surface area contributed by atoms with Crippen molar-refractivity contribution in [2.24, 2.45) is 5.73 Å². The monoisotopic (exact) mass is 255 g/mol. The minimum atomic E-state index is -4.86. The number of aromatic nitrogens is 2. The topological polar surface area (TPSA) is 89.1 Å². The first-order valence-electron chi connectivity index (χ1n) is 3.80. The Morgan fingerprint density at radius 3 is 2.56 bits per heavy atom. The van der Waals surface area contributed by atoms with Crippen molar-refractivity contribution in [3.63, 3.8) is 0 Å². The van der Waals surface area contributed by atoms with Crippen molar-refractivity contribution >= 4 is 17.5 Å². The van der Waals surface area contributed by atoms with Crippen LogP contribution >= 0.6 is 11.6 Å². The Hall–Kier alpha value is -1.41. The third-order valence-electron chi connectivity index (χ3n) is 1.62. The molecule has 88 valence electrons. The lowest BCUT2D eigenvalue weighted by Gasteiger charge is -2.13. The first-order valence-corrected chi connectivity index (χ1v) is 4.18. The maximum atomic E-state index is 12.4. The second kappa shape index (κ2) is 4.22. The van der Waals surface area contributed by atoms with E-state index in [0.29, 0.717) is 6.20 Å². The van der Waals surface area contributed by atoms with Crippen molar-refractivity contribution < 1.29 is 23.1 Å². The van der Waals surface area contributed by atoms with E-state index in [1.165, 1.54) is 0 Å². The zero-order chi connectivity index (χ0) is 12.5. The number of nitrogens with zero attached hydrogens (tertiary/aromatic N) is 2. The normalized spacial score (nSPS) is 13.6. The number of hydrogen-bond acceptors (Lipinski definition) is 4. The fraction of sp³-hybridized carbons (Fsp3) is 0.286. The average Bonchev–Trinajstić information content (AvgIpc) is 2.15. The summed E-state index contributed by atoms with van der Waals surface area (Å²) in [7, 11) is 0. The van der Waals surface area contributed by atoms with E-state index in [1.54, 1.807) is 0 Å². The van der Waals surface area contributed by atoms with E-state index in [1.807, 2.05) is 0 Å². The summed E-state index contributed by atoms with van der Waals surface area (Å²) in [5, 5.41) is 8.49. The molecule has 9 heteroatoms. The first-order chi connectivity index (χ1) is 7.23. The number of aliphatic hydroxyl groups excluding tert-OH is 1. The molecule has 0 aliphatic rings. The van der Waals surface area contributed by atoms with Crippen LogP contribution in [0.2, 0.25) is 5.28 Å². The number of primary amides is 1. The van der Waals surface area contributed by atoms with Gasteiger partial charge in [-0.3, -0.25) is 4.79 Å². The van der Waals surface area contributed by atoms with Crippen LogP contribution in [-0.4, -0.2) is 21.0 Å². The van der Waals surface area contributed by atoms with E-state index < -0.39 is 34.7 Å². The predicted octanol–water partition coefficient (Wildman–Crippen LogP) is 0.667. The van der Waals surface area contributed by atoms with E-state index in [0.717, 1.165) is 0 Å². The van der Waals surface area contributed by atoms with Gasteiger partial charge in [0.15, 0.2) is 11.8 Å². The van der Waals surface area contributed by atoms with Crippen molar-refractivity contribution in [2.75, 3.05) is 0 Å². The average molecular weight is 256 g/mol. The highest BCUT2D eigenvalue weighted by atomic mass is 35.5. The van der Waals surface area contributed by atoms with Crippen LogP contribution in [0, 0.1) is 0 Å². The second-order valence-electron chi connectivity index (χ2n) is 2.75. The lowest BCUT2D eigenvalue weighted by atomic mass is 10.1. The standard InChI is InChI=1S/C7H5ClF3N3O2/c8-6-13-1-2(3(15)5(12)16)4(14-6)7(9,10)11/h1,3,15H,(H2,12,16). The van der Waals surface area contributed by atoms with Crippen molar-refractivity contribution in [3.05, 3.63) is 22.7 Å². The molecule has 16 heavy (non-hydrogen) atoms. The molecule has 1 aromatic rings. The van der Waals surface area contributed by atoms with Gasteiger partial charge in [-0.05, 0) is 11.6 Å². The molecule has 0 radical (unpaired) electrons. The van der Waals surface area contributed by atoms with E-state index in [9.17, 15) is 18.0 Å². The highest BCUT2D eigenvalue weighted by Gasteiger charge is 2.38. The third kappa shape index (κ3) is 2.58. The number of alkyl halides is 3. The minimum absolute atomic E-state index is 0.605. The summed E-state index contributed by atoms with van der Waals surface area (Å²) in [5.74, 6) is -1.34. The van der Waals surface area contributed by atoms with Gasteiger partial charge in [0.1, 0.15) is 0 Å². The Morgan fingerprint density at radius 1 is 1.56 bits per heavy atom. The number of rotatable bonds is 2. The van der Waals surface area contributed by atoms with Crippen LogP contribution in [0.5, 0.6) is 0 Å². The molecule has 0 fully saturated rings. The number of hydrogen-bond donors (Lipinski definition) is 2. The highest BCUT2D eigenvalue weighted by Crippen LogP contribution is 2.33. The number of amides is 1. The largest absolute Gasteiger partial charge is 0.433 e. The molecule has 1 rings (SSSR count). The summed E-state index contributed by atoms with van der Waals surface area (Å²) in [6.45, 7) is 0. The summed E-state index contributed by atoms with van der Waals surface area (Å²) < 4.78 is 37.3. The lowest BCUT2D eigenvalue weighted by Crippen LogP contribution is -2.25. The van der Waals surface area contributed by atoms with Gasteiger partial charge in [0.25, 0.3) is 5.91 Å². The van der Waals surface area contributed by atoms with Crippen LogP contribution in [0.3, 0.4) is 0 Å². The maximum Gasteiger partial charge on any atom is 0.433 e. The molecule has 1 heterocycles. The molecule has 3 N–H and O–H groups in total. The van der Waals surface area contributed by atoms with Gasteiger partial charge in [0, 0.05) is 11.8 Å². The van der Waals surface area contributed by atoms with E-state index in [4.69, 9.17) is 16.7 Å². The van der Waals surface area contributed by atoms with Crippen LogP contribution in [0.15, 0.2) is 6.20 Å². The minimum Gasteiger partial charge on any atom is -0.378 e. The molecule has 0 aromatic carbocycles. The summed E-state index contributed by atoms with van der Waals surface area (Å²) in [6.07, 6.45) is -6.39. The number of carbonyl (C=O) groups excluding carboxylic acids is 1. The van der Waals surface area contributed by atoms with Gasteiger partial charge in [-0.1, -0.05) is 0 Å². The Kier molecular flexibility index (Phi) is 3.34. The summed E-state index contributed by atoms with van der Waals surface area (Å²) in [5.41, 5.74) is 2.36. The van der Waals surface area contributed by atoms with Crippen molar-refractivity contribution in [1.29, 1.82) is 0 Å². The molecule has 1 unspecified atom stereocenters. The molecule has 0 spiro atoms. The molecule has 5 nitrogen and oxygen atoms in total. The molecular formula is C7H5ClF3N3O2. The van der Waals surface area contributed by atoms with E-state index in [-0.39, 0.29) is 0 Å². The Labute approximate surface area is 92.1 Å². The summed E-state index contributed by atoms with van der Waals surface area (Å²) in [6, 6.07) is 0. The Balaban J connectivity index is 3.34. The van der Waals surface area contributed by atoms with Gasteiger partial charge in [-0.15, -0.1) is 0 Å². The van der Waals surface area contributed by atoms with Gasteiger partial charge >= 0.3 is 6.18 Å². The molecule has 1 amide bonds. The molecule has 0 saturated carbocycles. The van der Waals surface area contributed by atoms with Gasteiger partial charge in [0.05, 0.1) is 0 Å². The van der Waals surface area contributed by atoms with Crippen molar-refractivity contribution in [2.45, 2.75) is 12.3 Å². The fourth-order valence-corrected chi connectivity index (χ4v) is 1.08. The molecule has 1 atom stereocenters. The zero-order valence-electron chi connectivity index (χ0n) is 7.49. The van der Waals surface area contributed by atoms with Gasteiger partial charge in [-0.25, -0.2) is 9.97 Å². The zero-order valence-corrected chi connectivity index (χ0v) is 8.25. The second-order valence-corrected chi connectivity index (χ2v) is 3.08. The van der Waals surface area contributed by atoms with Crippen LogP contribution < -0.4 is 5.73 Å². The number of carbonyl (C=O) groups is 1. The third-order valence-corrected chi connectivity index (χ3v) is 1.80. The summed E-state index contributed by atoms with van der Waals surface area (Å²) >= 11 is 5.19. The molecule has 0 saturated heterocycles. The first kappa shape index (κ1) is 12.7. The Morgan fingerprint density at radius 2 is 2.12 bits per heavy atom. The molecule has 0 aliphatic carbocycles. The van der Waals surface area contributed by atoms with Gasteiger partial charge < -0.3 is 10.8 Å². The summed E-state index contributed by atoms with van der Waals surface area (Å²) in [4.78, 5) is 16.7. The van der Waals surface area contributed by atoms with E-state index >= 15 is 0 Å². The van der Waals surface area contributed by atoms with Gasteiger partial charge in [0.2, 0.25) is 5.28 Å². The lowest BCUT2D eigenvalue weighted by molar-refractivity contribution is -0.143. The van der Waals surface area contributed by atoms with E-state index in [2.05, 4.69) is 15.7 Å². The number of halogens is 4. The van der Waals surface area contributed by atoms with Crippen LogP contribution in [-0.2, 0) is 11.0 Å². The van der Waals surface area contributed by atoms with Crippen molar-refractivity contribution in [1.82, 2.24) is 9.97 Å². The fourth-order valence-electron chi connectivity index (χ4n) is 0.950. The van der Waals surface area contributed by atoms with Gasteiger partial charge in [-0.2, -0.15) is 13.2 Å². The quantitative estimate of drug-likeness (QED) is 0.760. The van der Waals surface area contributed by atoms with Crippen molar-refractivity contribution in [3.8, 4) is 0 Å². The predicted molar refractivity (Wildman–Crippen MR) is 46.2 cm³/mol. The SMILES string of the molecule is NC(=O)C(O)c1cnc(Cl)nc1C(F)(F)F. The molecular weight excluding hydrogens is 251 g/mol. The van der Waals surface area contributed by atoms with Crippen LogP contribution in [0.4, 0.5) is 13.2 Å². The smallest absolute Gasteiger partial charge is 0.378 e. The molecule has 0 bridgehead atoms. The number of aliphatic hydroxyl groups is 1. The Bertz CT molecular complexity index is 424. The van der Waals surface area contributed by atoms with Crippen LogP contribution in [0.1, 0.15) is 17.4 Å². The number of nitrogens with two attached hydrogens (primary N) is 1. The highest BCUT2D eigenvalue weighted by molar-refractivity contribution is 6.28. The molecule has 1 aromatic heterocycles.